The molecule has 0 aromatic heterocycles. The molecule has 1 aromatic carbocycles. The smallest absolute Gasteiger partial charge is 0.335 e. The maximum absolute atomic E-state index is 12.1. The van der Waals surface area contributed by atoms with Crippen molar-refractivity contribution in [3.63, 3.8) is 0 Å². The third-order valence-electron chi connectivity index (χ3n) is 3.10. The highest BCUT2D eigenvalue weighted by molar-refractivity contribution is 7.97. The van der Waals surface area contributed by atoms with Crippen LogP contribution in [0.1, 0.15) is 16.8 Å². The van der Waals surface area contributed by atoms with Gasteiger partial charge in [-0.25, -0.2) is 21.6 Å². The van der Waals surface area contributed by atoms with Gasteiger partial charge in [-0.1, -0.05) is 11.6 Å². The number of sulfone groups is 1. The Bertz CT molecular complexity index is 787. The molecule has 0 spiro atoms. The van der Waals surface area contributed by atoms with Crippen LogP contribution < -0.4 is 4.72 Å². The number of halogens is 1. The molecule has 0 radical (unpaired) electrons. The molecule has 2 N–H and O–H groups in total. The molecule has 1 atom stereocenters. The Morgan fingerprint density at radius 1 is 1.38 bits per heavy atom. The summed E-state index contributed by atoms with van der Waals surface area (Å²) in [5, 5.41) is 7.70. The van der Waals surface area contributed by atoms with Gasteiger partial charge >= 0.3 is 5.97 Å². The predicted molar refractivity (Wildman–Crippen MR) is 78.0 cm³/mol. The highest BCUT2D eigenvalue weighted by Gasteiger charge is 2.37. The van der Waals surface area contributed by atoms with Crippen LogP contribution in [0.3, 0.4) is 0 Å². The average molecular weight is 354 g/mol. The number of rotatable bonds is 4. The first-order valence-electron chi connectivity index (χ1n) is 5.86. The summed E-state index contributed by atoms with van der Waals surface area (Å²) in [5.41, 5.74) is -0.0580. The van der Waals surface area contributed by atoms with Crippen LogP contribution in [-0.2, 0) is 19.9 Å². The van der Waals surface area contributed by atoms with Crippen LogP contribution in [0.15, 0.2) is 18.2 Å². The summed E-state index contributed by atoms with van der Waals surface area (Å²) in [7, 11) is -7.23. The Morgan fingerprint density at radius 2 is 2.05 bits per heavy atom. The molecule has 0 bridgehead atoms. The van der Waals surface area contributed by atoms with Crippen molar-refractivity contribution in [2.24, 2.45) is 0 Å². The lowest BCUT2D eigenvalue weighted by Gasteiger charge is -2.13. The Morgan fingerprint density at radius 3 is 2.52 bits per heavy atom. The Hall–Kier alpha value is -1.32. The molecule has 0 aliphatic carbocycles. The molecule has 1 aromatic rings. The van der Waals surface area contributed by atoms with E-state index in [9.17, 15) is 21.6 Å². The van der Waals surface area contributed by atoms with Gasteiger partial charge in [-0.2, -0.15) is 0 Å². The molecule has 1 heterocycles. The van der Waals surface area contributed by atoms with Crippen molar-refractivity contribution in [2.45, 2.75) is 11.7 Å². The van der Waals surface area contributed by atoms with Gasteiger partial charge in [0.15, 0.2) is 9.84 Å². The van der Waals surface area contributed by atoms with Gasteiger partial charge in [-0.15, -0.1) is 0 Å². The fraction of sp³-hybridized carbons (Fsp3) is 0.364. The molecule has 10 heteroatoms. The van der Waals surface area contributed by atoms with E-state index in [-0.39, 0.29) is 28.4 Å². The normalized spacial score (nSPS) is 21.1. The molecule has 2 rings (SSSR count). The van der Waals surface area contributed by atoms with Crippen LogP contribution in [0, 0.1) is 0 Å². The number of hydrogen-bond donors (Lipinski definition) is 2. The van der Waals surface area contributed by atoms with Gasteiger partial charge in [0.1, 0.15) is 0 Å². The zero-order valence-electron chi connectivity index (χ0n) is 10.6. The van der Waals surface area contributed by atoms with Crippen LogP contribution in [0.5, 0.6) is 0 Å². The van der Waals surface area contributed by atoms with Crippen molar-refractivity contribution in [2.75, 3.05) is 16.2 Å². The van der Waals surface area contributed by atoms with Crippen molar-refractivity contribution in [3.8, 4) is 0 Å². The van der Waals surface area contributed by atoms with Crippen molar-refractivity contribution in [1.82, 2.24) is 0 Å². The fourth-order valence-electron chi connectivity index (χ4n) is 1.97. The van der Waals surface area contributed by atoms with E-state index in [0.29, 0.717) is 0 Å². The van der Waals surface area contributed by atoms with Crippen molar-refractivity contribution < 1.29 is 26.7 Å². The van der Waals surface area contributed by atoms with Gasteiger partial charge < -0.3 is 5.11 Å². The standard InChI is InChI=1S/C11H12ClNO6S2/c12-9-5-7(11(14)15)1-2-10(9)13-21(18,19)8-3-4-20(16,17)6-8/h1-2,5,8,13H,3-4,6H2,(H,14,15). The van der Waals surface area contributed by atoms with E-state index in [1.807, 2.05) is 0 Å². The van der Waals surface area contributed by atoms with Crippen molar-refractivity contribution >= 4 is 43.1 Å². The topological polar surface area (TPSA) is 118 Å². The lowest BCUT2D eigenvalue weighted by Crippen LogP contribution is -2.29. The zero-order valence-corrected chi connectivity index (χ0v) is 13.0. The highest BCUT2D eigenvalue weighted by Crippen LogP contribution is 2.27. The first-order chi connectivity index (χ1) is 9.61. The molecule has 0 saturated carbocycles. The summed E-state index contributed by atoms with van der Waals surface area (Å²) in [6.45, 7) is 0. The largest absolute Gasteiger partial charge is 0.478 e. The number of benzene rings is 1. The second-order valence-electron chi connectivity index (χ2n) is 4.67. The first-order valence-corrected chi connectivity index (χ1v) is 9.60. The summed E-state index contributed by atoms with van der Waals surface area (Å²) < 4.78 is 49.1. The Kier molecular flexibility index (Phi) is 4.18. The molecule has 0 amide bonds. The summed E-state index contributed by atoms with van der Waals surface area (Å²) in [4.78, 5) is 10.8. The van der Waals surface area contributed by atoms with Gasteiger partial charge in [0, 0.05) is 0 Å². The minimum atomic E-state index is -3.90. The second kappa shape index (κ2) is 5.47. The van der Waals surface area contributed by atoms with E-state index in [1.54, 1.807) is 0 Å². The molecule has 1 aliphatic rings. The number of carboxylic acids is 1. The number of aromatic carboxylic acids is 1. The number of anilines is 1. The molecule has 1 saturated heterocycles. The molecule has 1 fully saturated rings. The van der Waals surface area contributed by atoms with E-state index < -0.39 is 36.8 Å². The van der Waals surface area contributed by atoms with Crippen LogP contribution in [0.2, 0.25) is 5.02 Å². The van der Waals surface area contributed by atoms with Crippen LogP contribution in [0.4, 0.5) is 5.69 Å². The maximum atomic E-state index is 12.1. The SMILES string of the molecule is O=C(O)c1ccc(NS(=O)(=O)C2CCS(=O)(=O)C2)c(Cl)c1. The molecule has 1 aliphatic heterocycles. The quantitative estimate of drug-likeness (QED) is 0.832. The number of carboxylic acid groups (broad SMARTS) is 1. The Balaban J connectivity index is 2.23. The highest BCUT2D eigenvalue weighted by atomic mass is 35.5. The van der Waals surface area contributed by atoms with Crippen molar-refractivity contribution in [3.05, 3.63) is 28.8 Å². The summed E-state index contributed by atoms with van der Waals surface area (Å²) >= 11 is 5.83. The lowest BCUT2D eigenvalue weighted by molar-refractivity contribution is 0.0697. The lowest BCUT2D eigenvalue weighted by atomic mass is 10.2. The number of nitrogens with one attached hydrogen (secondary N) is 1. The molecule has 116 valence electrons. The van der Waals surface area contributed by atoms with E-state index in [2.05, 4.69) is 4.72 Å². The van der Waals surface area contributed by atoms with E-state index >= 15 is 0 Å². The molecular formula is C11H12ClNO6S2. The summed E-state index contributed by atoms with van der Waals surface area (Å²) in [5.74, 6) is -1.77. The summed E-state index contributed by atoms with van der Waals surface area (Å²) in [6, 6.07) is 3.55. The molecule has 1 unspecified atom stereocenters. The monoisotopic (exact) mass is 353 g/mol. The van der Waals surface area contributed by atoms with Crippen molar-refractivity contribution in [1.29, 1.82) is 0 Å². The Labute approximate surface area is 126 Å². The van der Waals surface area contributed by atoms with E-state index in [0.717, 1.165) is 6.07 Å². The van der Waals surface area contributed by atoms with Gasteiger partial charge in [-0.05, 0) is 24.6 Å². The average Bonchev–Trinajstić information content (AvgIpc) is 2.72. The van der Waals surface area contributed by atoms with Crippen LogP contribution in [-0.4, -0.2) is 44.7 Å². The summed E-state index contributed by atoms with van der Waals surface area (Å²) in [6.07, 6.45) is 0.0303. The number of sulfonamides is 1. The third kappa shape index (κ3) is 3.66. The van der Waals surface area contributed by atoms with Gasteiger partial charge in [0.25, 0.3) is 0 Å². The molecule has 21 heavy (non-hydrogen) atoms. The fourth-order valence-corrected chi connectivity index (χ4v) is 6.37. The van der Waals surface area contributed by atoms with Gasteiger partial charge in [0.2, 0.25) is 10.0 Å². The maximum Gasteiger partial charge on any atom is 0.335 e. The first kappa shape index (κ1) is 16.1. The molecular weight excluding hydrogens is 342 g/mol. The van der Waals surface area contributed by atoms with E-state index in [4.69, 9.17) is 16.7 Å². The number of carbonyl (C=O) groups is 1. The van der Waals surface area contributed by atoms with Gasteiger partial charge in [0.05, 0.1) is 33.0 Å². The van der Waals surface area contributed by atoms with Crippen LogP contribution >= 0.6 is 11.6 Å². The molecule has 7 nitrogen and oxygen atoms in total. The minimum absolute atomic E-state index is 0.0194. The second-order valence-corrected chi connectivity index (χ2v) is 9.27. The third-order valence-corrected chi connectivity index (χ3v) is 7.17. The zero-order chi connectivity index (χ0) is 15.8. The van der Waals surface area contributed by atoms with Gasteiger partial charge in [-0.3, -0.25) is 4.72 Å². The predicted octanol–water partition coefficient (Wildman–Crippen LogP) is 0.967. The van der Waals surface area contributed by atoms with E-state index in [1.165, 1.54) is 12.1 Å². The van der Waals surface area contributed by atoms with Crippen LogP contribution in [0.25, 0.3) is 0 Å². The minimum Gasteiger partial charge on any atom is -0.478 e. The number of hydrogen-bond acceptors (Lipinski definition) is 5.